The van der Waals surface area contributed by atoms with Crippen LogP contribution in [0.2, 0.25) is 0 Å². The van der Waals surface area contributed by atoms with Gasteiger partial charge in [0, 0.05) is 12.1 Å². The molecule has 0 saturated carbocycles. The van der Waals surface area contributed by atoms with Gasteiger partial charge in [-0.15, -0.1) is 0 Å². The number of furan rings is 1. The summed E-state index contributed by atoms with van der Waals surface area (Å²) < 4.78 is 55.7. The van der Waals surface area contributed by atoms with Crippen molar-refractivity contribution in [2.24, 2.45) is 0 Å². The average molecular weight is 287 g/mol. The Labute approximate surface area is 111 Å². The number of carbonyl (C=O) groups is 1. The van der Waals surface area contributed by atoms with E-state index in [9.17, 15) is 22.4 Å². The molecule has 1 aromatic carbocycles. The molecule has 0 aliphatic rings. The van der Waals surface area contributed by atoms with E-state index in [2.05, 4.69) is 5.32 Å². The molecule has 1 amide bonds. The molecule has 0 saturated heterocycles. The maximum atomic E-state index is 13.4. The van der Waals surface area contributed by atoms with Crippen molar-refractivity contribution < 1.29 is 26.8 Å². The molecular formula is C13H9F4NO2. The van der Waals surface area contributed by atoms with E-state index >= 15 is 0 Å². The molecule has 0 unspecified atom stereocenters. The van der Waals surface area contributed by atoms with Crippen LogP contribution in [0.1, 0.15) is 21.5 Å². The molecule has 0 atom stereocenters. The van der Waals surface area contributed by atoms with Crippen molar-refractivity contribution in [3.8, 4) is 0 Å². The first kappa shape index (κ1) is 14.1. The zero-order chi connectivity index (χ0) is 14.8. The summed E-state index contributed by atoms with van der Waals surface area (Å²) in [4.78, 5) is 11.7. The molecule has 0 radical (unpaired) electrons. The topological polar surface area (TPSA) is 42.2 Å². The summed E-state index contributed by atoms with van der Waals surface area (Å²) >= 11 is 0. The normalized spacial score (nSPS) is 11.4. The number of alkyl halides is 3. The number of hydrogen-bond donors (Lipinski definition) is 1. The van der Waals surface area contributed by atoms with Crippen molar-refractivity contribution in [1.82, 2.24) is 5.32 Å². The smallest absolute Gasteiger partial charge is 0.416 e. The zero-order valence-electron chi connectivity index (χ0n) is 10.00. The van der Waals surface area contributed by atoms with Crippen LogP contribution in [0.3, 0.4) is 0 Å². The molecule has 20 heavy (non-hydrogen) atoms. The third-order valence-corrected chi connectivity index (χ3v) is 2.57. The Bertz CT molecular complexity index is 605. The van der Waals surface area contributed by atoms with Crippen LogP contribution in [-0.2, 0) is 12.7 Å². The molecular weight excluding hydrogens is 278 g/mol. The minimum absolute atomic E-state index is 0.0328. The quantitative estimate of drug-likeness (QED) is 0.879. The number of carbonyl (C=O) groups excluding carboxylic acids is 1. The van der Waals surface area contributed by atoms with Crippen LogP contribution in [0.5, 0.6) is 0 Å². The maximum absolute atomic E-state index is 13.4. The molecule has 2 aromatic rings. The van der Waals surface area contributed by atoms with E-state index in [1.54, 1.807) is 6.07 Å². The van der Waals surface area contributed by atoms with Crippen molar-refractivity contribution in [2.75, 3.05) is 0 Å². The van der Waals surface area contributed by atoms with E-state index < -0.39 is 29.0 Å². The molecule has 0 aliphatic carbocycles. The van der Waals surface area contributed by atoms with Gasteiger partial charge in [-0.1, -0.05) is 0 Å². The van der Waals surface area contributed by atoms with Crippen LogP contribution < -0.4 is 5.32 Å². The lowest BCUT2D eigenvalue weighted by molar-refractivity contribution is -0.137. The van der Waals surface area contributed by atoms with Gasteiger partial charge in [0.05, 0.1) is 23.7 Å². The molecule has 0 aliphatic heterocycles. The first-order valence-electron chi connectivity index (χ1n) is 5.54. The number of halogens is 4. The van der Waals surface area contributed by atoms with Crippen molar-refractivity contribution in [2.45, 2.75) is 12.7 Å². The third kappa shape index (κ3) is 3.17. The largest absolute Gasteiger partial charge is 0.472 e. The van der Waals surface area contributed by atoms with Crippen LogP contribution in [0.15, 0.2) is 41.2 Å². The van der Waals surface area contributed by atoms with Crippen LogP contribution in [0.4, 0.5) is 17.6 Å². The van der Waals surface area contributed by atoms with Gasteiger partial charge in [-0.2, -0.15) is 13.2 Å². The molecule has 7 heteroatoms. The highest BCUT2D eigenvalue weighted by atomic mass is 19.4. The molecule has 1 heterocycles. The fourth-order valence-electron chi connectivity index (χ4n) is 1.55. The van der Waals surface area contributed by atoms with Crippen molar-refractivity contribution in [3.63, 3.8) is 0 Å². The lowest BCUT2D eigenvalue weighted by Gasteiger charge is -2.10. The van der Waals surface area contributed by atoms with E-state index in [4.69, 9.17) is 4.42 Å². The van der Waals surface area contributed by atoms with Crippen molar-refractivity contribution >= 4 is 5.91 Å². The molecule has 3 nitrogen and oxygen atoms in total. The van der Waals surface area contributed by atoms with Gasteiger partial charge in [-0.05, 0) is 24.3 Å². The Balaban J connectivity index is 2.16. The predicted octanol–water partition coefficient (Wildman–Crippen LogP) is 3.37. The number of amides is 1. The summed E-state index contributed by atoms with van der Waals surface area (Å²) in [6.45, 7) is 0.0328. The second-order valence-corrected chi connectivity index (χ2v) is 4.01. The van der Waals surface area contributed by atoms with E-state index in [0.717, 1.165) is 0 Å². The maximum Gasteiger partial charge on any atom is 0.416 e. The number of hydrogen-bond acceptors (Lipinski definition) is 2. The Morgan fingerprint density at radius 3 is 2.60 bits per heavy atom. The predicted molar refractivity (Wildman–Crippen MR) is 61.3 cm³/mol. The Hall–Kier alpha value is -2.31. The SMILES string of the molecule is O=C(NCc1ccoc1)c1cc(C(F)(F)F)ccc1F. The Kier molecular flexibility index (Phi) is 3.78. The zero-order valence-corrected chi connectivity index (χ0v) is 10.00. The van der Waals surface area contributed by atoms with E-state index in [1.165, 1.54) is 12.5 Å². The highest BCUT2D eigenvalue weighted by Crippen LogP contribution is 2.30. The second kappa shape index (κ2) is 5.36. The van der Waals surface area contributed by atoms with Gasteiger partial charge < -0.3 is 9.73 Å². The fraction of sp³-hybridized carbons (Fsp3) is 0.154. The average Bonchev–Trinajstić information content (AvgIpc) is 2.88. The number of rotatable bonds is 3. The third-order valence-electron chi connectivity index (χ3n) is 2.57. The van der Waals surface area contributed by atoms with E-state index in [1.807, 2.05) is 0 Å². The molecule has 2 rings (SSSR count). The second-order valence-electron chi connectivity index (χ2n) is 4.01. The van der Waals surface area contributed by atoms with Crippen molar-refractivity contribution in [1.29, 1.82) is 0 Å². The summed E-state index contributed by atoms with van der Waals surface area (Å²) in [6, 6.07) is 3.26. The van der Waals surface area contributed by atoms with Gasteiger partial charge in [-0.25, -0.2) is 4.39 Å². The van der Waals surface area contributed by atoms with Crippen LogP contribution in [0, 0.1) is 5.82 Å². The first-order valence-corrected chi connectivity index (χ1v) is 5.54. The Morgan fingerprint density at radius 2 is 2.00 bits per heavy atom. The standard InChI is InChI=1S/C13H9F4NO2/c14-11-2-1-9(13(15,16)17)5-10(11)12(19)18-6-8-3-4-20-7-8/h1-5,7H,6H2,(H,18,19). The Morgan fingerprint density at radius 1 is 1.25 bits per heavy atom. The molecule has 1 aromatic heterocycles. The lowest BCUT2D eigenvalue weighted by Crippen LogP contribution is -2.24. The number of benzene rings is 1. The van der Waals surface area contributed by atoms with Gasteiger partial charge in [-0.3, -0.25) is 4.79 Å². The van der Waals surface area contributed by atoms with Crippen LogP contribution in [-0.4, -0.2) is 5.91 Å². The van der Waals surface area contributed by atoms with Gasteiger partial charge in [0.25, 0.3) is 5.91 Å². The van der Waals surface area contributed by atoms with E-state index in [0.29, 0.717) is 23.8 Å². The summed E-state index contributed by atoms with van der Waals surface area (Å²) in [5, 5.41) is 2.31. The van der Waals surface area contributed by atoms with Gasteiger partial charge in [0.15, 0.2) is 0 Å². The highest BCUT2D eigenvalue weighted by molar-refractivity contribution is 5.94. The van der Waals surface area contributed by atoms with Crippen LogP contribution >= 0.6 is 0 Å². The molecule has 0 bridgehead atoms. The minimum Gasteiger partial charge on any atom is -0.472 e. The first-order chi connectivity index (χ1) is 9.38. The lowest BCUT2D eigenvalue weighted by atomic mass is 10.1. The van der Waals surface area contributed by atoms with Gasteiger partial charge in [0.2, 0.25) is 0 Å². The van der Waals surface area contributed by atoms with Crippen LogP contribution in [0.25, 0.3) is 0 Å². The van der Waals surface area contributed by atoms with E-state index in [-0.39, 0.29) is 6.54 Å². The molecule has 0 spiro atoms. The van der Waals surface area contributed by atoms with Gasteiger partial charge >= 0.3 is 6.18 Å². The van der Waals surface area contributed by atoms with Crippen molar-refractivity contribution in [3.05, 3.63) is 59.3 Å². The monoisotopic (exact) mass is 287 g/mol. The fourth-order valence-corrected chi connectivity index (χ4v) is 1.55. The molecule has 1 N–H and O–H groups in total. The summed E-state index contributed by atoms with van der Waals surface area (Å²) in [5.74, 6) is -1.93. The summed E-state index contributed by atoms with van der Waals surface area (Å²) in [6.07, 6.45) is -1.89. The summed E-state index contributed by atoms with van der Waals surface area (Å²) in [7, 11) is 0. The minimum atomic E-state index is -4.63. The molecule has 0 fully saturated rings. The molecule has 106 valence electrons. The number of nitrogens with one attached hydrogen (secondary N) is 1. The van der Waals surface area contributed by atoms with Gasteiger partial charge in [0.1, 0.15) is 5.82 Å². The highest BCUT2D eigenvalue weighted by Gasteiger charge is 2.31. The summed E-state index contributed by atoms with van der Waals surface area (Å²) in [5.41, 5.74) is -1.11.